The fourth-order valence-electron chi connectivity index (χ4n) is 5.18. The Kier molecular flexibility index (Phi) is 13.0. The van der Waals surface area contributed by atoms with Crippen molar-refractivity contribution in [2.24, 2.45) is 0 Å². The Morgan fingerprint density at radius 2 is 1.70 bits per heavy atom. The summed E-state index contributed by atoms with van der Waals surface area (Å²) in [5.74, 6) is -0.0598. The number of rotatable bonds is 17. The predicted molar refractivity (Wildman–Crippen MR) is 175 cm³/mol. The number of hydrogen-bond acceptors (Lipinski definition) is 8. The number of piperazine rings is 1. The van der Waals surface area contributed by atoms with E-state index in [2.05, 4.69) is 31.7 Å². The van der Waals surface area contributed by atoms with Crippen LogP contribution in [0.15, 0.2) is 58.8 Å². The second-order valence-corrected chi connectivity index (χ2v) is 13.6. The van der Waals surface area contributed by atoms with E-state index >= 15 is 0 Å². The number of aryl methyl sites for hydroxylation is 1. The topological polar surface area (TPSA) is 115 Å². The van der Waals surface area contributed by atoms with E-state index < -0.39 is 10.0 Å². The quantitative estimate of drug-likeness (QED) is 0.171. The molecule has 234 valence electrons. The van der Waals surface area contributed by atoms with Crippen LogP contribution in [0, 0.1) is 0 Å². The first kappa shape index (κ1) is 33.1. The van der Waals surface area contributed by atoms with Crippen LogP contribution in [0.2, 0.25) is 0 Å². The van der Waals surface area contributed by atoms with Gasteiger partial charge < -0.3 is 15.3 Å². The van der Waals surface area contributed by atoms with E-state index in [9.17, 15) is 13.2 Å². The molecule has 0 aliphatic carbocycles. The van der Waals surface area contributed by atoms with Crippen molar-refractivity contribution in [2.75, 3.05) is 55.9 Å². The Hall–Kier alpha value is -2.83. The fourth-order valence-corrected chi connectivity index (χ4v) is 7.02. The Balaban J connectivity index is 1.22. The number of anilines is 2. The molecule has 0 bridgehead atoms. The summed E-state index contributed by atoms with van der Waals surface area (Å²) in [5, 5.41) is 14.3. The van der Waals surface area contributed by atoms with Gasteiger partial charge >= 0.3 is 0 Å². The summed E-state index contributed by atoms with van der Waals surface area (Å²) in [7, 11) is -3.78. The predicted octanol–water partition coefficient (Wildman–Crippen LogP) is 5.45. The van der Waals surface area contributed by atoms with Crippen molar-refractivity contribution in [3.8, 4) is 11.3 Å². The van der Waals surface area contributed by atoms with Gasteiger partial charge in [-0.2, -0.15) is 0 Å². The number of carbonyl (C=O) groups excluding carboxylic acids is 1. The maximum atomic E-state index is 13.1. The number of benzene rings is 2. The number of sulfonamides is 1. The zero-order chi connectivity index (χ0) is 30.5. The number of unbranched alkanes of at least 4 members (excludes halogenated alkanes) is 4. The number of aliphatic hydroxyl groups is 1. The molecule has 43 heavy (non-hydrogen) atoms. The summed E-state index contributed by atoms with van der Waals surface area (Å²) in [6, 6.07) is 14.2. The number of nitrogens with zero attached hydrogens (tertiary/aromatic N) is 3. The van der Waals surface area contributed by atoms with Crippen molar-refractivity contribution < 1.29 is 18.3 Å². The van der Waals surface area contributed by atoms with E-state index in [1.165, 1.54) is 29.7 Å². The van der Waals surface area contributed by atoms with Crippen molar-refractivity contribution in [1.29, 1.82) is 0 Å². The summed E-state index contributed by atoms with van der Waals surface area (Å²) >= 11 is 1.33. The van der Waals surface area contributed by atoms with E-state index in [0.29, 0.717) is 28.5 Å². The standard InChI is InChI=1S/C32H45N5O4S2/c1-2-3-5-9-26-13-15-28(16-14-26)35-43(40,41)29-11-8-10-27(24-29)30-25-42-32(33-30)34-31(39)12-6-4-7-17-36-18-20-37(21-19-36)22-23-38/h8,10-11,13-16,24-25,35,38H,2-7,9,12,17-23H2,1H3,(H,33,34,39). The van der Waals surface area contributed by atoms with Crippen molar-refractivity contribution in [1.82, 2.24) is 14.8 Å². The molecule has 1 amide bonds. The van der Waals surface area contributed by atoms with E-state index in [-0.39, 0.29) is 17.4 Å². The van der Waals surface area contributed by atoms with Crippen LogP contribution in [0.25, 0.3) is 11.3 Å². The van der Waals surface area contributed by atoms with Crippen LogP contribution in [0.3, 0.4) is 0 Å². The number of thiazole rings is 1. The smallest absolute Gasteiger partial charge is 0.261 e. The van der Waals surface area contributed by atoms with Gasteiger partial charge in [-0.05, 0) is 62.1 Å². The Bertz CT molecular complexity index is 1390. The number of carbonyl (C=O) groups is 1. The third kappa shape index (κ3) is 10.7. The monoisotopic (exact) mass is 627 g/mol. The first-order chi connectivity index (χ1) is 20.9. The molecular formula is C32H45N5O4S2. The summed E-state index contributed by atoms with van der Waals surface area (Å²) in [6.45, 7) is 8.26. The summed E-state index contributed by atoms with van der Waals surface area (Å²) in [4.78, 5) is 21.9. The van der Waals surface area contributed by atoms with E-state index in [1.54, 1.807) is 30.3 Å². The van der Waals surface area contributed by atoms with Gasteiger partial charge in [0.2, 0.25) is 5.91 Å². The van der Waals surface area contributed by atoms with Crippen molar-refractivity contribution >= 4 is 38.1 Å². The largest absolute Gasteiger partial charge is 0.395 e. The highest BCUT2D eigenvalue weighted by molar-refractivity contribution is 7.92. The van der Waals surface area contributed by atoms with Crippen LogP contribution in [0.5, 0.6) is 0 Å². The van der Waals surface area contributed by atoms with E-state index in [4.69, 9.17) is 5.11 Å². The minimum Gasteiger partial charge on any atom is -0.395 e. The average Bonchev–Trinajstić information content (AvgIpc) is 3.47. The maximum Gasteiger partial charge on any atom is 0.261 e. The lowest BCUT2D eigenvalue weighted by molar-refractivity contribution is -0.116. The molecule has 0 unspecified atom stereocenters. The molecule has 0 spiro atoms. The molecule has 0 radical (unpaired) electrons. The average molecular weight is 628 g/mol. The molecule has 1 fully saturated rings. The molecule has 1 aliphatic rings. The van der Waals surface area contributed by atoms with Gasteiger partial charge in [0, 0.05) is 55.8 Å². The molecule has 3 N–H and O–H groups in total. The lowest BCUT2D eigenvalue weighted by atomic mass is 10.1. The normalized spacial score (nSPS) is 14.6. The highest BCUT2D eigenvalue weighted by atomic mass is 32.2. The molecule has 4 rings (SSSR count). The number of aliphatic hydroxyl groups excluding tert-OH is 1. The molecule has 1 aromatic heterocycles. The van der Waals surface area contributed by atoms with Crippen LogP contribution >= 0.6 is 11.3 Å². The number of aromatic nitrogens is 1. The molecule has 2 heterocycles. The zero-order valence-electron chi connectivity index (χ0n) is 25.1. The van der Waals surface area contributed by atoms with Crippen LogP contribution in [0.1, 0.15) is 57.4 Å². The van der Waals surface area contributed by atoms with Crippen LogP contribution in [-0.4, -0.2) is 80.1 Å². The highest BCUT2D eigenvalue weighted by Crippen LogP contribution is 2.28. The Labute approximate surface area is 260 Å². The van der Waals surface area contributed by atoms with Crippen LogP contribution in [0.4, 0.5) is 10.8 Å². The van der Waals surface area contributed by atoms with Gasteiger partial charge in [-0.25, -0.2) is 13.4 Å². The van der Waals surface area contributed by atoms with Gasteiger partial charge in [0.1, 0.15) is 0 Å². The summed E-state index contributed by atoms with van der Waals surface area (Å²) < 4.78 is 28.9. The molecule has 1 saturated heterocycles. The minimum atomic E-state index is -3.78. The van der Waals surface area contributed by atoms with Crippen molar-refractivity contribution in [3.05, 3.63) is 59.5 Å². The molecule has 2 aromatic carbocycles. The number of β-amino-alcohol motifs (C(OH)–C–C–N with tert-alkyl or cyclic N) is 1. The number of nitrogens with one attached hydrogen (secondary N) is 2. The van der Waals surface area contributed by atoms with Gasteiger partial charge in [0.25, 0.3) is 10.0 Å². The van der Waals surface area contributed by atoms with Gasteiger partial charge in [0.05, 0.1) is 17.2 Å². The van der Waals surface area contributed by atoms with Crippen molar-refractivity contribution in [3.63, 3.8) is 0 Å². The van der Waals surface area contributed by atoms with Gasteiger partial charge in [-0.1, -0.05) is 50.5 Å². The van der Waals surface area contributed by atoms with Crippen LogP contribution < -0.4 is 10.0 Å². The van der Waals surface area contributed by atoms with Gasteiger partial charge in [-0.15, -0.1) is 11.3 Å². The molecule has 9 nitrogen and oxygen atoms in total. The zero-order valence-corrected chi connectivity index (χ0v) is 26.8. The van der Waals surface area contributed by atoms with Crippen molar-refractivity contribution in [2.45, 2.75) is 63.2 Å². The molecule has 3 aromatic rings. The molecule has 1 aliphatic heterocycles. The number of amides is 1. The highest BCUT2D eigenvalue weighted by Gasteiger charge is 2.17. The third-order valence-corrected chi connectivity index (χ3v) is 9.86. The van der Waals surface area contributed by atoms with Crippen LogP contribution in [-0.2, 0) is 21.2 Å². The summed E-state index contributed by atoms with van der Waals surface area (Å²) in [6.07, 6.45) is 7.79. The fraction of sp³-hybridized carbons (Fsp3) is 0.500. The summed E-state index contributed by atoms with van der Waals surface area (Å²) in [5.41, 5.74) is 3.02. The number of hydrogen-bond donors (Lipinski definition) is 3. The van der Waals surface area contributed by atoms with Gasteiger partial charge in [-0.3, -0.25) is 14.4 Å². The Morgan fingerprint density at radius 1 is 0.953 bits per heavy atom. The Morgan fingerprint density at radius 3 is 2.42 bits per heavy atom. The first-order valence-electron chi connectivity index (χ1n) is 15.4. The lowest BCUT2D eigenvalue weighted by Crippen LogP contribution is -2.47. The lowest BCUT2D eigenvalue weighted by Gasteiger charge is -2.34. The van der Waals surface area contributed by atoms with Gasteiger partial charge in [0.15, 0.2) is 5.13 Å². The second-order valence-electron chi connectivity index (χ2n) is 11.1. The minimum absolute atomic E-state index is 0.0598. The third-order valence-electron chi connectivity index (χ3n) is 7.73. The SMILES string of the molecule is CCCCCc1ccc(NS(=O)(=O)c2cccc(-c3csc(NC(=O)CCCCCN4CCN(CCO)CC4)n3)c2)cc1. The molecular weight excluding hydrogens is 583 g/mol. The second kappa shape index (κ2) is 16.9. The molecule has 11 heteroatoms. The van der Waals surface area contributed by atoms with E-state index in [0.717, 1.165) is 71.4 Å². The molecule has 0 saturated carbocycles. The first-order valence-corrected chi connectivity index (χ1v) is 17.8. The molecule has 0 atom stereocenters. The van der Waals surface area contributed by atoms with E-state index in [1.807, 2.05) is 23.6 Å². The maximum absolute atomic E-state index is 13.1.